The molecule has 0 spiro atoms. The van der Waals surface area contributed by atoms with Gasteiger partial charge in [0.2, 0.25) is 5.91 Å². The number of carbonyl (C=O) groups excluding carboxylic acids is 1. The number of amides is 1. The van der Waals surface area contributed by atoms with Gasteiger partial charge in [-0.1, -0.05) is 12.8 Å². The maximum atomic E-state index is 12.5. The van der Waals surface area contributed by atoms with E-state index in [-0.39, 0.29) is 17.7 Å². The summed E-state index contributed by atoms with van der Waals surface area (Å²) in [6.45, 7) is 2.79. The molecule has 2 aliphatic carbocycles. The molecule has 102 valence electrons. The van der Waals surface area contributed by atoms with Gasteiger partial charge in [-0.15, -0.1) is 0 Å². The molecule has 0 bridgehead atoms. The molecule has 0 aliphatic heterocycles. The van der Waals surface area contributed by atoms with Crippen LogP contribution < -0.4 is 0 Å². The second kappa shape index (κ2) is 5.72. The summed E-state index contributed by atoms with van der Waals surface area (Å²) in [5, 5.41) is 9.00. The van der Waals surface area contributed by atoms with Crippen LogP contribution in [0.15, 0.2) is 0 Å². The number of carboxylic acids is 1. The zero-order valence-corrected chi connectivity index (χ0v) is 11.1. The molecule has 0 saturated heterocycles. The van der Waals surface area contributed by atoms with Crippen LogP contribution in [0.2, 0.25) is 0 Å². The molecule has 0 heterocycles. The predicted octanol–water partition coefficient (Wildman–Crippen LogP) is 2.28. The molecule has 2 saturated carbocycles. The summed E-state index contributed by atoms with van der Waals surface area (Å²) >= 11 is 0. The zero-order valence-electron chi connectivity index (χ0n) is 11.1. The van der Waals surface area contributed by atoms with Gasteiger partial charge in [0.15, 0.2) is 0 Å². The van der Waals surface area contributed by atoms with E-state index in [0.29, 0.717) is 18.9 Å². The molecule has 2 rings (SSSR count). The lowest BCUT2D eigenvalue weighted by molar-refractivity contribution is -0.142. The standard InChI is InChI=1S/C14H23NO3/c1-2-15(12-5-3-4-6-12)13(16)10-7-8-11(9-10)14(17)18/h10-12H,2-9H2,1H3,(H,17,18). The summed E-state index contributed by atoms with van der Waals surface area (Å²) in [6, 6.07) is 0.409. The summed E-state index contributed by atoms with van der Waals surface area (Å²) in [6.07, 6.45) is 6.63. The van der Waals surface area contributed by atoms with Crippen LogP contribution in [0.4, 0.5) is 0 Å². The Balaban J connectivity index is 1.95. The summed E-state index contributed by atoms with van der Waals surface area (Å²) in [5.41, 5.74) is 0. The number of aliphatic carboxylic acids is 1. The van der Waals surface area contributed by atoms with Crippen molar-refractivity contribution in [2.75, 3.05) is 6.54 Å². The average molecular weight is 253 g/mol. The molecule has 4 nitrogen and oxygen atoms in total. The molecule has 1 N–H and O–H groups in total. The fourth-order valence-electron chi connectivity index (χ4n) is 3.47. The summed E-state index contributed by atoms with van der Waals surface area (Å²) in [7, 11) is 0. The van der Waals surface area contributed by atoms with Crippen molar-refractivity contribution >= 4 is 11.9 Å². The van der Waals surface area contributed by atoms with Gasteiger partial charge in [0.05, 0.1) is 5.92 Å². The van der Waals surface area contributed by atoms with Crippen LogP contribution >= 0.6 is 0 Å². The Kier molecular flexibility index (Phi) is 4.25. The fourth-order valence-corrected chi connectivity index (χ4v) is 3.47. The zero-order chi connectivity index (χ0) is 13.1. The van der Waals surface area contributed by atoms with Crippen molar-refractivity contribution in [2.45, 2.75) is 57.9 Å². The topological polar surface area (TPSA) is 57.6 Å². The van der Waals surface area contributed by atoms with Crippen LogP contribution in [0, 0.1) is 11.8 Å². The Bertz CT molecular complexity index is 323. The first-order chi connectivity index (χ1) is 8.63. The second-order valence-electron chi connectivity index (χ2n) is 5.61. The van der Waals surface area contributed by atoms with Crippen LogP contribution in [0.1, 0.15) is 51.9 Å². The molecule has 2 fully saturated rings. The van der Waals surface area contributed by atoms with E-state index in [1.54, 1.807) is 0 Å². The molecular weight excluding hydrogens is 230 g/mol. The monoisotopic (exact) mass is 253 g/mol. The molecule has 2 atom stereocenters. The smallest absolute Gasteiger partial charge is 0.306 e. The Morgan fingerprint density at radius 2 is 1.72 bits per heavy atom. The van der Waals surface area contributed by atoms with E-state index >= 15 is 0 Å². The minimum Gasteiger partial charge on any atom is -0.481 e. The highest BCUT2D eigenvalue weighted by Crippen LogP contribution is 2.34. The minimum absolute atomic E-state index is 0.0494. The van der Waals surface area contributed by atoms with Crippen molar-refractivity contribution in [1.82, 2.24) is 4.90 Å². The molecule has 1 amide bonds. The first kappa shape index (κ1) is 13.4. The number of hydrogen-bond acceptors (Lipinski definition) is 2. The third-order valence-corrected chi connectivity index (χ3v) is 4.52. The lowest BCUT2D eigenvalue weighted by Crippen LogP contribution is -2.41. The molecule has 0 aromatic rings. The largest absolute Gasteiger partial charge is 0.481 e. The molecule has 0 aromatic carbocycles. The summed E-state index contributed by atoms with van der Waals surface area (Å²) in [5.74, 6) is -0.893. The van der Waals surface area contributed by atoms with Crippen LogP contribution in [0.3, 0.4) is 0 Å². The van der Waals surface area contributed by atoms with Gasteiger partial charge in [-0.25, -0.2) is 0 Å². The van der Waals surface area contributed by atoms with Gasteiger partial charge in [-0.05, 0) is 39.0 Å². The van der Waals surface area contributed by atoms with Crippen LogP contribution in [-0.2, 0) is 9.59 Å². The van der Waals surface area contributed by atoms with Crippen molar-refractivity contribution in [3.63, 3.8) is 0 Å². The molecule has 2 aliphatic rings. The van der Waals surface area contributed by atoms with Crippen molar-refractivity contribution in [3.05, 3.63) is 0 Å². The quantitative estimate of drug-likeness (QED) is 0.836. The van der Waals surface area contributed by atoms with Gasteiger partial charge < -0.3 is 10.0 Å². The maximum absolute atomic E-state index is 12.5. The molecule has 4 heteroatoms. The van der Waals surface area contributed by atoms with E-state index in [1.165, 1.54) is 12.8 Å². The number of carboxylic acid groups (broad SMARTS) is 1. The molecule has 2 unspecified atom stereocenters. The highest BCUT2D eigenvalue weighted by Gasteiger charge is 2.37. The second-order valence-corrected chi connectivity index (χ2v) is 5.61. The first-order valence-corrected chi connectivity index (χ1v) is 7.16. The summed E-state index contributed by atoms with van der Waals surface area (Å²) < 4.78 is 0. The minimum atomic E-state index is -0.741. The van der Waals surface area contributed by atoms with Gasteiger partial charge >= 0.3 is 5.97 Å². The molecule has 0 aromatic heterocycles. The van der Waals surface area contributed by atoms with E-state index in [9.17, 15) is 9.59 Å². The Labute approximate surface area is 108 Å². The Morgan fingerprint density at radius 3 is 2.22 bits per heavy atom. The van der Waals surface area contributed by atoms with E-state index < -0.39 is 5.97 Å². The molecule has 0 radical (unpaired) electrons. The summed E-state index contributed by atoms with van der Waals surface area (Å²) in [4.78, 5) is 25.4. The molecule has 18 heavy (non-hydrogen) atoms. The third kappa shape index (κ3) is 2.68. The lowest BCUT2D eigenvalue weighted by Gasteiger charge is -2.30. The third-order valence-electron chi connectivity index (χ3n) is 4.52. The number of rotatable bonds is 4. The van der Waals surface area contributed by atoms with Crippen molar-refractivity contribution in [3.8, 4) is 0 Å². The van der Waals surface area contributed by atoms with Gasteiger partial charge in [-0.2, -0.15) is 0 Å². The van der Waals surface area contributed by atoms with Crippen LogP contribution in [-0.4, -0.2) is 34.5 Å². The first-order valence-electron chi connectivity index (χ1n) is 7.16. The molecular formula is C14H23NO3. The van der Waals surface area contributed by atoms with Crippen molar-refractivity contribution in [2.24, 2.45) is 11.8 Å². The number of carbonyl (C=O) groups is 2. The van der Waals surface area contributed by atoms with E-state index in [1.807, 2.05) is 11.8 Å². The van der Waals surface area contributed by atoms with Crippen LogP contribution in [0.5, 0.6) is 0 Å². The van der Waals surface area contributed by atoms with Crippen molar-refractivity contribution in [1.29, 1.82) is 0 Å². The average Bonchev–Trinajstić information content (AvgIpc) is 3.01. The SMILES string of the molecule is CCN(C(=O)C1CCC(C(=O)O)C1)C1CCCC1. The van der Waals surface area contributed by atoms with E-state index in [0.717, 1.165) is 25.8 Å². The van der Waals surface area contributed by atoms with Gasteiger partial charge in [0.25, 0.3) is 0 Å². The van der Waals surface area contributed by atoms with E-state index in [4.69, 9.17) is 5.11 Å². The normalized spacial score (nSPS) is 28.5. The van der Waals surface area contributed by atoms with Gasteiger partial charge in [0, 0.05) is 18.5 Å². The number of nitrogens with zero attached hydrogens (tertiary/aromatic N) is 1. The van der Waals surface area contributed by atoms with Crippen molar-refractivity contribution < 1.29 is 14.7 Å². The van der Waals surface area contributed by atoms with Gasteiger partial charge in [0.1, 0.15) is 0 Å². The highest BCUT2D eigenvalue weighted by molar-refractivity contribution is 5.81. The van der Waals surface area contributed by atoms with Crippen LogP contribution in [0.25, 0.3) is 0 Å². The van der Waals surface area contributed by atoms with E-state index in [2.05, 4.69) is 0 Å². The predicted molar refractivity (Wildman–Crippen MR) is 68.1 cm³/mol. The lowest BCUT2D eigenvalue weighted by atomic mass is 10.0. The highest BCUT2D eigenvalue weighted by atomic mass is 16.4. The fraction of sp³-hybridized carbons (Fsp3) is 0.857. The Hall–Kier alpha value is -1.06. The number of hydrogen-bond donors (Lipinski definition) is 1. The maximum Gasteiger partial charge on any atom is 0.306 e. The Morgan fingerprint density at radius 1 is 1.11 bits per heavy atom. The van der Waals surface area contributed by atoms with Gasteiger partial charge in [-0.3, -0.25) is 9.59 Å².